The molecule has 0 spiro atoms. The largest absolute Gasteiger partial charge is 0.454 e. The second-order valence-electron chi connectivity index (χ2n) is 3.16. The number of nitrogens with zero attached hydrogens (tertiary/aromatic N) is 1. The van der Waals surface area contributed by atoms with E-state index in [2.05, 4.69) is 0 Å². The summed E-state index contributed by atoms with van der Waals surface area (Å²) in [6.07, 6.45) is 0. The lowest BCUT2D eigenvalue weighted by Gasteiger charge is -2.06. The number of nitro benzene ring substituents is 1. The van der Waals surface area contributed by atoms with Gasteiger partial charge in [-0.1, -0.05) is 23.2 Å². The molecule has 0 radical (unpaired) electrons. The van der Waals surface area contributed by atoms with Gasteiger partial charge >= 0.3 is 0 Å². The van der Waals surface area contributed by atoms with E-state index >= 15 is 0 Å². The van der Waals surface area contributed by atoms with Gasteiger partial charge in [-0.3, -0.25) is 10.1 Å². The summed E-state index contributed by atoms with van der Waals surface area (Å²) in [5.74, 6) is 0.781. The van der Waals surface area contributed by atoms with Crippen molar-refractivity contribution in [1.29, 1.82) is 0 Å². The van der Waals surface area contributed by atoms with E-state index in [0.717, 1.165) is 0 Å². The average Bonchev–Trinajstić information content (AvgIpc) is 2.71. The van der Waals surface area contributed by atoms with Crippen LogP contribution in [-0.4, -0.2) is 16.7 Å². The first-order valence-corrected chi connectivity index (χ1v) is 5.42. The highest BCUT2D eigenvalue weighted by Crippen LogP contribution is 2.38. The van der Waals surface area contributed by atoms with Gasteiger partial charge < -0.3 is 14.2 Å². The van der Waals surface area contributed by atoms with Crippen molar-refractivity contribution in [3.05, 3.63) is 27.8 Å². The van der Waals surface area contributed by atoms with Gasteiger partial charge in [0, 0.05) is 0 Å². The van der Waals surface area contributed by atoms with Gasteiger partial charge in [-0.15, -0.1) is 0 Å². The van der Waals surface area contributed by atoms with E-state index in [1.165, 1.54) is 12.1 Å². The molecule has 0 fully saturated rings. The number of alkyl halides is 2. The van der Waals surface area contributed by atoms with E-state index in [0.29, 0.717) is 17.1 Å². The Balaban J connectivity index is 2.31. The van der Waals surface area contributed by atoms with Crippen LogP contribution in [0.4, 0.5) is 5.69 Å². The molecule has 0 saturated carbocycles. The summed E-state index contributed by atoms with van der Waals surface area (Å²) >= 11 is 10.8. The van der Waals surface area contributed by atoms with E-state index in [1.54, 1.807) is 0 Å². The molecule has 0 amide bonds. The number of benzene rings is 1. The fraction of sp³-hybridized carbons (Fsp3) is 0.333. The van der Waals surface area contributed by atoms with Crippen LogP contribution in [0.3, 0.4) is 0 Å². The third kappa shape index (κ3) is 2.71. The van der Waals surface area contributed by atoms with Crippen LogP contribution < -0.4 is 9.47 Å². The minimum absolute atomic E-state index is 0.0461. The Hall–Kier alpha value is -1.24. The maximum Gasteiger partial charge on any atom is 0.278 e. The maximum atomic E-state index is 10.9. The van der Waals surface area contributed by atoms with Crippen molar-refractivity contribution in [3.8, 4) is 11.5 Å². The summed E-state index contributed by atoms with van der Waals surface area (Å²) in [5.41, 5.74) is 0.203. The van der Waals surface area contributed by atoms with Crippen molar-refractivity contribution in [2.75, 3.05) is 6.79 Å². The Bertz CT molecular complexity index is 451. The summed E-state index contributed by atoms with van der Waals surface area (Å²) in [6.45, 7) is -0.0327. The van der Waals surface area contributed by atoms with Gasteiger partial charge in [0.25, 0.3) is 5.69 Å². The highest BCUT2D eigenvalue weighted by Gasteiger charge is 2.23. The first-order valence-electron chi connectivity index (χ1n) is 4.54. The quantitative estimate of drug-likeness (QED) is 0.481. The van der Waals surface area contributed by atoms with Crippen molar-refractivity contribution in [2.45, 2.75) is 11.6 Å². The highest BCUT2D eigenvalue weighted by atomic mass is 35.5. The standard InChI is InChI=1S/C9H7Cl2NO5/c10-9(11)15-3-5-1-7-8(17-4-16-7)2-6(5)12(13)14/h1-2,9H,3-4H2. The topological polar surface area (TPSA) is 70.8 Å². The van der Waals surface area contributed by atoms with Gasteiger partial charge in [0.05, 0.1) is 23.2 Å². The molecule has 8 heteroatoms. The molecule has 6 nitrogen and oxygen atoms in total. The minimum Gasteiger partial charge on any atom is -0.454 e. The van der Waals surface area contributed by atoms with Crippen LogP contribution in [0.2, 0.25) is 0 Å². The molecule has 1 aromatic rings. The number of halogens is 2. The number of hydrogen-bond donors (Lipinski definition) is 0. The average molecular weight is 280 g/mol. The van der Waals surface area contributed by atoms with Crippen LogP contribution >= 0.6 is 23.2 Å². The summed E-state index contributed by atoms with van der Waals surface area (Å²) in [4.78, 5) is 10.3. The molecule has 1 aliphatic heterocycles. The van der Waals surface area contributed by atoms with Crippen molar-refractivity contribution in [3.63, 3.8) is 0 Å². The van der Waals surface area contributed by atoms with Gasteiger partial charge in [-0.2, -0.15) is 0 Å². The van der Waals surface area contributed by atoms with Crippen molar-refractivity contribution in [1.82, 2.24) is 0 Å². The highest BCUT2D eigenvalue weighted by molar-refractivity contribution is 6.43. The first-order chi connectivity index (χ1) is 8.08. The van der Waals surface area contributed by atoms with E-state index in [1.807, 2.05) is 0 Å². The molecule has 17 heavy (non-hydrogen) atoms. The monoisotopic (exact) mass is 279 g/mol. The molecule has 0 aromatic heterocycles. The Labute approximate surface area is 106 Å². The normalized spacial score (nSPS) is 13.1. The Morgan fingerprint density at radius 3 is 2.65 bits per heavy atom. The van der Waals surface area contributed by atoms with Crippen molar-refractivity contribution >= 4 is 28.9 Å². The number of hydrogen-bond acceptors (Lipinski definition) is 5. The molecule has 0 unspecified atom stereocenters. The third-order valence-corrected chi connectivity index (χ3v) is 2.39. The SMILES string of the molecule is O=[N+]([O-])c1cc2c(cc1COC(Cl)Cl)OCO2. The van der Waals surface area contributed by atoms with Crippen LogP contribution in [0.1, 0.15) is 5.56 Å². The molecule has 1 aromatic carbocycles. The zero-order valence-electron chi connectivity index (χ0n) is 8.39. The molecule has 0 atom stereocenters. The lowest BCUT2D eigenvalue weighted by atomic mass is 10.1. The van der Waals surface area contributed by atoms with Gasteiger partial charge in [0.2, 0.25) is 11.8 Å². The van der Waals surface area contributed by atoms with E-state index in [-0.39, 0.29) is 19.1 Å². The molecule has 1 heterocycles. The van der Waals surface area contributed by atoms with Crippen molar-refractivity contribution < 1.29 is 19.1 Å². The summed E-state index contributed by atoms with van der Waals surface area (Å²) < 4.78 is 15.1. The molecular formula is C9H7Cl2NO5. The van der Waals surface area contributed by atoms with Gasteiger partial charge in [0.1, 0.15) is 0 Å². The zero-order chi connectivity index (χ0) is 12.4. The number of fused-ring (bicyclic) bond motifs is 1. The number of nitro groups is 1. The Morgan fingerprint density at radius 2 is 2.06 bits per heavy atom. The van der Waals surface area contributed by atoms with Gasteiger partial charge in [-0.05, 0) is 6.07 Å². The Morgan fingerprint density at radius 1 is 1.41 bits per heavy atom. The second kappa shape index (κ2) is 4.95. The first kappa shape index (κ1) is 12.2. The van der Waals surface area contributed by atoms with Crippen molar-refractivity contribution in [2.24, 2.45) is 0 Å². The predicted molar refractivity (Wildman–Crippen MR) is 59.5 cm³/mol. The van der Waals surface area contributed by atoms with Crippen LogP contribution in [0, 0.1) is 10.1 Å². The Kier molecular flexibility index (Phi) is 3.56. The van der Waals surface area contributed by atoms with Gasteiger partial charge in [-0.25, -0.2) is 0 Å². The smallest absolute Gasteiger partial charge is 0.278 e. The molecule has 0 N–H and O–H groups in total. The molecular weight excluding hydrogens is 273 g/mol. The number of rotatable bonds is 4. The maximum absolute atomic E-state index is 10.9. The second-order valence-corrected chi connectivity index (χ2v) is 4.18. The fourth-order valence-corrected chi connectivity index (χ4v) is 1.54. The zero-order valence-corrected chi connectivity index (χ0v) is 9.90. The summed E-state index contributed by atoms with van der Waals surface area (Å²) in [5, 5.41) is 9.81. The van der Waals surface area contributed by atoms with Gasteiger partial charge in [0.15, 0.2) is 11.5 Å². The predicted octanol–water partition coefficient (Wildman–Crippen LogP) is 2.60. The summed E-state index contributed by atoms with van der Waals surface area (Å²) in [6, 6.07) is 2.77. The molecule has 0 bridgehead atoms. The minimum atomic E-state index is -1.04. The lowest BCUT2D eigenvalue weighted by molar-refractivity contribution is -0.386. The van der Waals surface area contributed by atoms with Crippen LogP contribution in [0.25, 0.3) is 0 Å². The van der Waals surface area contributed by atoms with E-state index in [4.69, 9.17) is 37.4 Å². The van der Waals surface area contributed by atoms with Crippen LogP contribution in [0.15, 0.2) is 12.1 Å². The van der Waals surface area contributed by atoms with Crippen LogP contribution in [-0.2, 0) is 11.3 Å². The fourth-order valence-electron chi connectivity index (χ4n) is 1.41. The molecule has 1 aliphatic rings. The molecule has 2 rings (SSSR count). The van der Waals surface area contributed by atoms with E-state index < -0.39 is 9.95 Å². The summed E-state index contributed by atoms with van der Waals surface area (Å²) in [7, 11) is 0. The molecule has 0 saturated heterocycles. The van der Waals surface area contributed by atoms with E-state index in [9.17, 15) is 10.1 Å². The molecule has 92 valence electrons. The number of ether oxygens (including phenoxy) is 3. The van der Waals surface area contributed by atoms with Crippen LogP contribution in [0.5, 0.6) is 11.5 Å². The lowest BCUT2D eigenvalue weighted by Crippen LogP contribution is -2.01. The third-order valence-electron chi connectivity index (χ3n) is 2.14. The molecule has 0 aliphatic carbocycles.